The van der Waals surface area contributed by atoms with Crippen molar-refractivity contribution >= 4 is 27.5 Å². The summed E-state index contributed by atoms with van der Waals surface area (Å²) in [6.07, 6.45) is 6.64. The van der Waals surface area contributed by atoms with E-state index < -0.39 is 10.0 Å². The Balaban J connectivity index is 1.28. The first-order valence-electron chi connectivity index (χ1n) is 11.7. The summed E-state index contributed by atoms with van der Waals surface area (Å²) in [6.45, 7) is 5.67. The maximum atomic E-state index is 12.7. The maximum Gasteiger partial charge on any atom is 0.240 e. The first-order valence-corrected chi connectivity index (χ1v) is 13.2. The fourth-order valence-electron chi connectivity index (χ4n) is 3.69. The van der Waals surface area contributed by atoms with Crippen LogP contribution in [0.25, 0.3) is 0 Å². The molecule has 1 fully saturated rings. The summed E-state index contributed by atoms with van der Waals surface area (Å²) in [5.41, 5.74) is 1.56. The molecule has 3 heterocycles. The molecule has 35 heavy (non-hydrogen) atoms. The monoisotopic (exact) mass is 497 g/mol. The molecule has 2 aromatic heterocycles. The molecule has 1 aliphatic heterocycles. The molecule has 10 nitrogen and oxygen atoms in total. The van der Waals surface area contributed by atoms with Crippen LogP contribution in [0.5, 0.6) is 0 Å². The first-order chi connectivity index (χ1) is 17.1. The molecule has 3 aromatic rings. The molecule has 11 heteroatoms. The van der Waals surface area contributed by atoms with Crippen molar-refractivity contribution < 1.29 is 13.2 Å². The number of morpholine rings is 1. The smallest absolute Gasteiger partial charge is 0.240 e. The normalized spacial score (nSPS) is 14.5. The van der Waals surface area contributed by atoms with Crippen LogP contribution in [0, 0.1) is 0 Å². The zero-order valence-electron chi connectivity index (χ0n) is 19.6. The van der Waals surface area contributed by atoms with Gasteiger partial charge in [-0.05, 0) is 55.3 Å². The first kappa shape index (κ1) is 25.0. The largest absolute Gasteiger partial charge is 0.379 e. The fraction of sp³-hybridized carbons (Fsp3) is 0.375. The topological polar surface area (TPSA) is 121 Å². The van der Waals surface area contributed by atoms with E-state index in [2.05, 4.69) is 35.2 Å². The summed E-state index contributed by atoms with van der Waals surface area (Å²) >= 11 is 0. The van der Waals surface area contributed by atoms with E-state index >= 15 is 0 Å². The molecule has 0 radical (unpaired) electrons. The molecule has 186 valence electrons. The highest BCUT2D eigenvalue weighted by Gasteiger charge is 2.14. The molecule has 4 rings (SSSR count). The third kappa shape index (κ3) is 7.96. The van der Waals surface area contributed by atoms with Gasteiger partial charge in [-0.3, -0.25) is 9.88 Å². The summed E-state index contributed by atoms with van der Waals surface area (Å²) < 4.78 is 33.5. The van der Waals surface area contributed by atoms with E-state index in [1.54, 1.807) is 42.9 Å². The number of hydrogen-bond acceptors (Lipinski definition) is 9. The van der Waals surface area contributed by atoms with Crippen molar-refractivity contribution in [1.82, 2.24) is 24.6 Å². The van der Waals surface area contributed by atoms with Crippen LogP contribution >= 0.6 is 0 Å². The summed E-state index contributed by atoms with van der Waals surface area (Å²) in [5, 5.41) is 6.42. The van der Waals surface area contributed by atoms with Crippen molar-refractivity contribution in [2.75, 3.05) is 56.6 Å². The van der Waals surface area contributed by atoms with Crippen LogP contribution in [0.15, 0.2) is 66.0 Å². The molecule has 1 aliphatic rings. The zero-order chi connectivity index (χ0) is 24.3. The molecule has 0 atom stereocenters. The Kier molecular flexibility index (Phi) is 8.96. The van der Waals surface area contributed by atoms with E-state index in [4.69, 9.17) is 4.74 Å². The summed E-state index contributed by atoms with van der Waals surface area (Å²) in [4.78, 5) is 15.4. The molecule has 0 aliphatic carbocycles. The lowest BCUT2D eigenvalue weighted by molar-refractivity contribution is 0.0378. The molecule has 3 N–H and O–H groups in total. The van der Waals surface area contributed by atoms with E-state index in [1.807, 2.05) is 18.2 Å². The van der Waals surface area contributed by atoms with Gasteiger partial charge in [-0.1, -0.05) is 12.1 Å². The number of hydrogen-bond donors (Lipinski definition) is 3. The zero-order valence-corrected chi connectivity index (χ0v) is 20.4. The van der Waals surface area contributed by atoms with E-state index in [0.29, 0.717) is 23.9 Å². The van der Waals surface area contributed by atoms with Gasteiger partial charge in [0.2, 0.25) is 16.0 Å². The van der Waals surface area contributed by atoms with E-state index in [-0.39, 0.29) is 11.4 Å². The Morgan fingerprint density at radius 2 is 1.91 bits per heavy atom. The Morgan fingerprint density at radius 1 is 1.03 bits per heavy atom. The quantitative estimate of drug-likeness (QED) is 0.324. The number of rotatable bonds is 12. The minimum absolute atomic E-state index is 0.172. The van der Waals surface area contributed by atoms with E-state index in [9.17, 15) is 8.42 Å². The number of nitrogens with one attached hydrogen (secondary N) is 3. The van der Waals surface area contributed by atoms with Crippen LogP contribution in [0.1, 0.15) is 12.0 Å². The molecule has 1 aromatic carbocycles. The molecule has 0 saturated carbocycles. The minimum Gasteiger partial charge on any atom is -0.379 e. The van der Waals surface area contributed by atoms with E-state index in [1.165, 1.54) is 0 Å². The van der Waals surface area contributed by atoms with Crippen LogP contribution in [-0.2, 0) is 21.2 Å². The highest BCUT2D eigenvalue weighted by atomic mass is 32.2. The minimum atomic E-state index is -3.65. The lowest BCUT2D eigenvalue weighted by atomic mass is 10.2. The second-order valence-corrected chi connectivity index (χ2v) is 9.93. The standard InChI is InChI=1S/C24H31N7O3S/c32-35(33,28-12-7-20-4-2-9-25-19-20)22-6-1-5-21(18-22)29-24-27-11-8-23(30-24)26-10-3-13-31-14-16-34-17-15-31/h1-2,4-6,8-9,11,18-19,28H,3,7,10,12-17H2,(H2,26,27,29,30). The van der Waals surface area contributed by atoms with Crippen molar-refractivity contribution in [2.24, 2.45) is 0 Å². The predicted molar refractivity (Wildman–Crippen MR) is 135 cm³/mol. The van der Waals surface area contributed by atoms with Gasteiger partial charge in [-0.2, -0.15) is 4.98 Å². The van der Waals surface area contributed by atoms with Crippen molar-refractivity contribution in [3.05, 3.63) is 66.6 Å². The van der Waals surface area contributed by atoms with Gasteiger partial charge in [0.1, 0.15) is 5.82 Å². The molecule has 0 unspecified atom stereocenters. The third-order valence-corrected chi connectivity index (χ3v) is 7.00. The van der Waals surface area contributed by atoms with Crippen LogP contribution < -0.4 is 15.4 Å². The third-order valence-electron chi connectivity index (χ3n) is 5.55. The van der Waals surface area contributed by atoms with Gasteiger partial charge < -0.3 is 15.4 Å². The van der Waals surface area contributed by atoms with Crippen molar-refractivity contribution in [2.45, 2.75) is 17.7 Å². The number of anilines is 3. The van der Waals surface area contributed by atoms with Gasteiger partial charge in [0.15, 0.2) is 0 Å². The number of ether oxygens (including phenoxy) is 1. The molecular weight excluding hydrogens is 466 g/mol. The van der Waals surface area contributed by atoms with E-state index in [0.717, 1.165) is 51.4 Å². The average molecular weight is 498 g/mol. The van der Waals surface area contributed by atoms with Gasteiger partial charge >= 0.3 is 0 Å². The fourth-order valence-corrected chi connectivity index (χ4v) is 4.77. The van der Waals surface area contributed by atoms with Crippen molar-refractivity contribution in [1.29, 1.82) is 0 Å². The number of pyridine rings is 1. The van der Waals surface area contributed by atoms with Crippen LogP contribution in [0.3, 0.4) is 0 Å². The number of aromatic nitrogens is 3. The Hall–Kier alpha value is -3.12. The van der Waals surface area contributed by atoms with Gasteiger partial charge in [-0.15, -0.1) is 0 Å². The summed E-state index contributed by atoms with van der Waals surface area (Å²) in [7, 11) is -3.65. The number of sulfonamides is 1. The lowest BCUT2D eigenvalue weighted by Crippen LogP contribution is -2.37. The van der Waals surface area contributed by atoms with Crippen molar-refractivity contribution in [3.63, 3.8) is 0 Å². The molecule has 0 amide bonds. The Bertz CT molecular complexity index is 1170. The van der Waals surface area contributed by atoms with Crippen LogP contribution in [-0.4, -0.2) is 74.2 Å². The molecular formula is C24H31N7O3S. The summed E-state index contributed by atoms with van der Waals surface area (Å²) in [5.74, 6) is 1.10. The maximum absolute atomic E-state index is 12.7. The molecule has 0 spiro atoms. The molecule has 1 saturated heterocycles. The Labute approximate surface area is 206 Å². The number of nitrogens with zero attached hydrogens (tertiary/aromatic N) is 4. The predicted octanol–water partition coefficient (Wildman–Crippen LogP) is 2.27. The van der Waals surface area contributed by atoms with Crippen molar-refractivity contribution in [3.8, 4) is 0 Å². The van der Waals surface area contributed by atoms with Gasteiger partial charge in [0.25, 0.3) is 0 Å². The van der Waals surface area contributed by atoms with Gasteiger partial charge in [0.05, 0.1) is 18.1 Å². The van der Waals surface area contributed by atoms with Crippen LogP contribution in [0.2, 0.25) is 0 Å². The SMILES string of the molecule is O=S(=O)(NCCc1cccnc1)c1cccc(Nc2nccc(NCCCN3CCOCC3)n2)c1. The van der Waals surface area contributed by atoms with Gasteiger partial charge in [-0.25, -0.2) is 18.1 Å². The Morgan fingerprint density at radius 3 is 2.74 bits per heavy atom. The second-order valence-electron chi connectivity index (χ2n) is 8.16. The average Bonchev–Trinajstić information content (AvgIpc) is 2.88. The summed E-state index contributed by atoms with van der Waals surface area (Å²) in [6, 6.07) is 12.2. The highest BCUT2D eigenvalue weighted by molar-refractivity contribution is 7.89. The highest BCUT2D eigenvalue weighted by Crippen LogP contribution is 2.19. The van der Waals surface area contributed by atoms with Gasteiger partial charge in [0, 0.05) is 50.5 Å². The number of benzene rings is 1. The second kappa shape index (κ2) is 12.5. The lowest BCUT2D eigenvalue weighted by Gasteiger charge is -2.26. The van der Waals surface area contributed by atoms with Crippen LogP contribution in [0.4, 0.5) is 17.5 Å². The molecule has 0 bridgehead atoms.